The molecular weight excluding hydrogens is 468 g/mol. The molecule has 0 amide bonds. The molecular formula is C18H16Br2N2S2. The second-order valence-corrected chi connectivity index (χ2v) is 8.60. The van der Waals surface area contributed by atoms with E-state index in [0.717, 1.165) is 25.9 Å². The second-order valence-electron chi connectivity index (χ2n) is 5.23. The second kappa shape index (κ2) is 7.68. The Bertz CT molecular complexity index is 867. The Kier molecular flexibility index (Phi) is 5.80. The molecule has 0 aliphatic rings. The monoisotopic (exact) mass is 482 g/mol. The number of hydrogen-bond donors (Lipinski definition) is 0. The summed E-state index contributed by atoms with van der Waals surface area (Å²) in [7, 11) is 2.04. The first-order chi connectivity index (χ1) is 11.6. The van der Waals surface area contributed by atoms with Crippen LogP contribution in [0.1, 0.15) is 0 Å². The van der Waals surface area contributed by atoms with Crippen LogP contribution in [0.2, 0.25) is 0 Å². The van der Waals surface area contributed by atoms with Gasteiger partial charge < -0.3 is 4.57 Å². The van der Waals surface area contributed by atoms with Crippen molar-refractivity contribution < 1.29 is 0 Å². The van der Waals surface area contributed by atoms with Crippen LogP contribution in [0, 0.1) is 0 Å². The summed E-state index contributed by atoms with van der Waals surface area (Å²) in [5.41, 5.74) is 4.43. The summed E-state index contributed by atoms with van der Waals surface area (Å²) in [5.74, 6) is 0. The molecule has 0 unspecified atom stereocenters. The van der Waals surface area contributed by atoms with Gasteiger partial charge in [0.25, 0.3) is 0 Å². The lowest BCUT2D eigenvalue weighted by molar-refractivity contribution is 0.919. The molecule has 1 heterocycles. The zero-order valence-electron chi connectivity index (χ0n) is 13.5. The van der Waals surface area contributed by atoms with E-state index in [0.29, 0.717) is 0 Å². The van der Waals surface area contributed by atoms with Gasteiger partial charge in [-0.15, -0.1) is 23.5 Å². The first kappa shape index (κ1) is 18.1. The molecule has 0 saturated heterocycles. The highest BCUT2D eigenvalue weighted by atomic mass is 79.9. The van der Waals surface area contributed by atoms with Crippen molar-refractivity contribution in [1.29, 1.82) is 0 Å². The van der Waals surface area contributed by atoms with Crippen molar-refractivity contribution in [3.8, 4) is 22.5 Å². The van der Waals surface area contributed by atoms with Gasteiger partial charge in [-0.3, -0.25) is 0 Å². The molecule has 0 bridgehead atoms. The highest BCUT2D eigenvalue weighted by Gasteiger charge is 2.18. The maximum Gasteiger partial charge on any atom is 0.0964 e. The van der Waals surface area contributed by atoms with Gasteiger partial charge in [0.15, 0.2) is 0 Å². The molecule has 0 aliphatic heterocycles. The SMILES string of the molecule is CSc1ccccc1-c1c(-c2cc(Br)c(SC)c(Br)c2)ncn1C. The molecule has 3 aromatic rings. The lowest BCUT2D eigenvalue weighted by atomic mass is 10.0. The zero-order chi connectivity index (χ0) is 17.3. The Morgan fingerprint density at radius 1 is 1.00 bits per heavy atom. The van der Waals surface area contributed by atoms with Crippen molar-refractivity contribution in [2.24, 2.45) is 7.05 Å². The lowest BCUT2D eigenvalue weighted by Crippen LogP contribution is -1.94. The van der Waals surface area contributed by atoms with E-state index in [2.05, 4.69) is 90.3 Å². The van der Waals surface area contributed by atoms with Gasteiger partial charge >= 0.3 is 0 Å². The Morgan fingerprint density at radius 2 is 1.67 bits per heavy atom. The number of halogens is 2. The first-order valence-corrected chi connectivity index (χ1v) is 11.3. The molecule has 2 aromatic carbocycles. The standard InChI is InChI=1S/C18H16Br2N2S2/c1-22-10-21-16(11-8-13(19)18(24-3)14(20)9-11)17(22)12-6-4-5-7-15(12)23-2/h4-10H,1-3H3. The molecule has 0 atom stereocenters. The molecule has 3 rings (SSSR count). The van der Waals surface area contributed by atoms with Crippen molar-refractivity contribution in [3.05, 3.63) is 51.7 Å². The van der Waals surface area contributed by atoms with Crippen molar-refractivity contribution in [3.63, 3.8) is 0 Å². The lowest BCUT2D eigenvalue weighted by Gasteiger charge is -2.12. The van der Waals surface area contributed by atoms with E-state index in [1.807, 2.05) is 13.4 Å². The van der Waals surface area contributed by atoms with Gasteiger partial charge in [-0.2, -0.15) is 0 Å². The van der Waals surface area contributed by atoms with E-state index in [4.69, 9.17) is 0 Å². The Hall–Kier alpha value is -0.690. The highest BCUT2D eigenvalue weighted by Crippen LogP contribution is 2.41. The van der Waals surface area contributed by atoms with Gasteiger partial charge in [0.2, 0.25) is 0 Å². The van der Waals surface area contributed by atoms with E-state index in [9.17, 15) is 0 Å². The molecule has 24 heavy (non-hydrogen) atoms. The van der Waals surface area contributed by atoms with E-state index < -0.39 is 0 Å². The predicted molar refractivity (Wildman–Crippen MR) is 113 cm³/mol. The third-order valence-corrected chi connectivity index (χ3v) is 7.19. The molecule has 1 aromatic heterocycles. The van der Waals surface area contributed by atoms with E-state index in [-0.39, 0.29) is 0 Å². The van der Waals surface area contributed by atoms with Crippen molar-refractivity contribution in [2.45, 2.75) is 9.79 Å². The van der Waals surface area contributed by atoms with Gasteiger partial charge in [0.1, 0.15) is 0 Å². The van der Waals surface area contributed by atoms with Gasteiger partial charge in [-0.05, 0) is 62.6 Å². The minimum Gasteiger partial charge on any atom is -0.333 e. The Labute approximate surface area is 167 Å². The summed E-state index contributed by atoms with van der Waals surface area (Å²) in [5, 5.41) is 0. The molecule has 6 heteroatoms. The van der Waals surface area contributed by atoms with Crippen LogP contribution < -0.4 is 0 Å². The molecule has 2 nitrogen and oxygen atoms in total. The summed E-state index contributed by atoms with van der Waals surface area (Å²) in [6, 6.07) is 12.8. The summed E-state index contributed by atoms with van der Waals surface area (Å²) < 4.78 is 4.25. The largest absolute Gasteiger partial charge is 0.333 e. The van der Waals surface area contributed by atoms with Gasteiger partial charge in [0, 0.05) is 36.9 Å². The quantitative estimate of drug-likeness (QED) is 0.383. The van der Waals surface area contributed by atoms with E-state index in [1.165, 1.54) is 15.4 Å². The Balaban J connectivity index is 2.22. The third kappa shape index (κ3) is 3.34. The number of aryl methyl sites for hydroxylation is 1. The minimum atomic E-state index is 0.994. The fraction of sp³-hybridized carbons (Fsp3) is 0.167. The fourth-order valence-electron chi connectivity index (χ4n) is 2.69. The normalized spacial score (nSPS) is 11.0. The van der Waals surface area contributed by atoms with E-state index in [1.54, 1.807) is 23.5 Å². The van der Waals surface area contributed by atoms with Crippen LogP contribution in [-0.4, -0.2) is 22.1 Å². The molecule has 0 radical (unpaired) electrons. The number of aromatic nitrogens is 2. The summed E-state index contributed by atoms with van der Waals surface area (Å²) in [6.45, 7) is 0. The van der Waals surface area contributed by atoms with Crippen molar-refractivity contribution in [1.82, 2.24) is 9.55 Å². The van der Waals surface area contributed by atoms with Crippen LogP contribution in [0.15, 0.2) is 61.5 Å². The molecule has 0 spiro atoms. The Morgan fingerprint density at radius 3 is 2.29 bits per heavy atom. The topological polar surface area (TPSA) is 17.8 Å². The summed E-state index contributed by atoms with van der Waals surface area (Å²) >= 11 is 10.8. The number of nitrogens with zero attached hydrogens (tertiary/aromatic N) is 2. The van der Waals surface area contributed by atoms with Crippen LogP contribution in [0.5, 0.6) is 0 Å². The van der Waals surface area contributed by atoms with Crippen molar-refractivity contribution in [2.75, 3.05) is 12.5 Å². The van der Waals surface area contributed by atoms with Crippen LogP contribution in [0.3, 0.4) is 0 Å². The molecule has 0 saturated carbocycles. The average Bonchev–Trinajstić information content (AvgIpc) is 2.96. The van der Waals surface area contributed by atoms with Crippen molar-refractivity contribution >= 4 is 55.4 Å². The highest BCUT2D eigenvalue weighted by molar-refractivity contribution is 9.11. The number of thioether (sulfide) groups is 2. The zero-order valence-corrected chi connectivity index (χ0v) is 18.3. The van der Waals surface area contributed by atoms with Gasteiger partial charge in [-0.25, -0.2) is 4.98 Å². The van der Waals surface area contributed by atoms with Gasteiger partial charge in [-0.1, -0.05) is 18.2 Å². The summed E-state index contributed by atoms with van der Waals surface area (Å²) in [6.07, 6.45) is 6.06. The van der Waals surface area contributed by atoms with Gasteiger partial charge in [0.05, 0.1) is 17.7 Å². The molecule has 124 valence electrons. The maximum absolute atomic E-state index is 4.68. The van der Waals surface area contributed by atoms with Crippen LogP contribution in [0.25, 0.3) is 22.5 Å². The number of imidazole rings is 1. The molecule has 0 aliphatic carbocycles. The van der Waals surface area contributed by atoms with Crippen LogP contribution in [0.4, 0.5) is 0 Å². The first-order valence-electron chi connectivity index (χ1n) is 7.25. The molecule has 0 fully saturated rings. The predicted octanol–water partition coefficient (Wildman–Crippen LogP) is 6.72. The number of benzene rings is 2. The van der Waals surface area contributed by atoms with Crippen LogP contribution in [-0.2, 0) is 7.05 Å². The minimum absolute atomic E-state index is 0.994. The third-order valence-electron chi connectivity index (χ3n) is 3.77. The average molecular weight is 484 g/mol. The molecule has 0 N–H and O–H groups in total. The number of hydrogen-bond acceptors (Lipinski definition) is 3. The van der Waals surface area contributed by atoms with Crippen LogP contribution >= 0.6 is 55.4 Å². The summed E-state index contributed by atoms with van der Waals surface area (Å²) in [4.78, 5) is 7.13. The smallest absolute Gasteiger partial charge is 0.0964 e. The fourth-order valence-corrected chi connectivity index (χ4v) is 5.96. The van der Waals surface area contributed by atoms with E-state index >= 15 is 0 Å². The number of rotatable bonds is 4. The maximum atomic E-state index is 4.68.